The number of hydrogen-bond donors (Lipinski definition) is 1. The lowest BCUT2D eigenvalue weighted by Gasteiger charge is -2.33. The first-order chi connectivity index (χ1) is 7.16. The standard InChI is InChI=1S/C11H20F2N2/c1-8(11(12)13)14-9-4-6-15(7-5-9)10-2-3-10/h8-11,14H,2-7H2,1H3. The van der Waals surface area contributed by atoms with Crippen molar-refractivity contribution >= 4 is 0 Å². The van der Waals surface area contributed by atoms with Crippen molar-refractivity contribution in [2.75, 3.05) is 13.1 Å². The van der Waals surface area contributed by atoms with Gasteiger partial charge in [0.25, 0.3) is 6.43 Å². The van der Waals surface area contributed by atoms with Gasteiger partial charge in [-0.05, 0) is 45.7 Å². The summed E-state index contributed by atoms with van der Waals surface area (Å²) in [5.74, 6) is 0. The Bertz CT molecular complexity index is 199. The molecule has 88 valence electrons. The normalized spacial score (nSPS) is 27.2. The lowest BCUT2D eigenvalue weighted by Crippen LogP contribution is -2.47. The molecule has 2 fully saturated rings. The number of hydrogen-bond acceptors (Lipinski definition) is 2. The fraction of sp³-hybridized carbons (Fsp3) is 1.00. The third-order valence-corrected chi connectivity index (χ3v) is 3.47. The van der Waals surface area contributed by atoms with Crippen molar-refractivity contribution < 1.29 is 8.78 Å². The molecule has 1 N–H and O–H groups in total. The second kappa shape index (κ2) is 4.74. The number of halogens is 2. The zero-order valence-corrected chi connectivity index (χ0v) is 9.26. The molecular weight excluding hydrogens is 198 g/mol. The van der Waals surface area contributed by atoms with Crippen molar-refractivity contribution in [1.29, 1.82) is 0 Å². The van der Waals surface area contributed by atoms with Crippen LogP contribution in [0.3, 0.4) is 0 Å². The number of piperidine rings is 1. The lowest BCUT2D eigenvalue weighted by atomic mass is 10.0. The van der Waals surface area contributed by atoms with Gasteiger partial charge in [-0.1, -0.05) is 0 Å². The van der Waals surface area contributed by atoms with Crippen molar-refractivity contribution in [3.05, 3.63) is 0 Å². The third kappa shape index (κ3) is 3.11. The molecule has 1 aliphatic heterocycles. The molecular formula is C11H20F2N2. The van der Waals surface area contributed by atoms with Gasteiger partial charge >= 0.3 is 0 Å². The number of likely N-dealkylation sites (tertiary alicyclic amines) is 1. The summed E-state index contributed by atoms with van der Waals surface area (Å²) in [6.07, 6.45) is 2.48. The van der Waals surface area contributed by atoms with E-state index in [-0.39, 0.29) is 0 Å². The summed E-state index contributed by atoms with van der Waals surface area (Å²) in [5, 5.41) is 3.02. The highest BCUT2D eigenvalue weighted by Crippen LogP contribution is 2.29. The zero-order chi connectivity index (χ0) is 10.8. The quantitative estimate of drug-likeness (QED) is 0.774. The van der Waals surface area contributed by atoms with E-state index >= 15 is 0 Å². The topological polar surface area (TPSA) is 15.3 Å². The Morgan fingerprint density at radius 3 is 2.20 bits per heavy atom. The number of alkyl halides is 2. The SMILES string of the molecule is CC(NC1CCN(C2CC2)CC1)C(F)F. The molecule has 1 unspecified atom stereocenters. The zero-order valence-electron chi connectivity index (χ0n) is 9.26. The van der Waals surface area contributed by atoms with Crippen LogP contribution in [0.2, 0.25) is 0 Å². The Hall–Kier alpha value is -0.220. The second-order valence-corrected chi connectivity index (χ2v) is 4.83. The molecule has 0 spiro atoms. The van der Waals surface area contributed by atoms with E-state index in [4.69, 9.17) is 0 Å². The van der Waals surface area contributed by atoms with Gasteiger partial charge in [0, 0.05) is 12.1 Å². The van der Waals surface area contributed by atoms with Gasteiger partial charge in [0.1, 0.15) is 0 Å². The summed E-state index contributed by atoms with van der Waals surface area (Å²) in [7, 11) is 0. The summed E-state index contributed by atoms with van der Waals surface area (Å²) in [4.78, 5) is 2.51. The molecule has 2 rings (SSSR count). The highest BCUT2D eigenvalue weighted by atomic mass is 19.3. The average Bonchev–Trinajstić information content (AvgIpc) is 3.02. The van der Waals surface area contributed by atoms with Crippen LogP contribution in [0.15, 0.2) is 0 Å². The highest BCUT2D eigenvalue weighted by molar-refractivity contribution is 4.89. The Balaban J connectivity index is 1.68. The minimum absolute atomic E-state index is 0.295. The summed E-state index contributed by atoms with van der Waals surface area (Å²) < 4.78 is 24.7. The molecule has 0 aromatic heterocycles. The molecule has 1 heterocycles. The molecule has 0 aromatic carbocycles. The maximum atomic E-state index is 12.3. The maximum absolute atomic E-state index is 12.3. The van der Waals surface area contributed by atoms with E-state index in [0.29, 0.717) is 6.04 Å². The molecule has 2 aliphatic rings. The average molecular weight is 218 g/mol. The van der Waals surface area contributed by atoms with Crippen molar-refractivity contribution in [3.8, 4) is 0 Å². The van der Waals surface area contributed by atoms with Crippen molar-refractivity contribution in [3.63, 3.8) is 0 Å². The van der Waals surface area contributed by atoms with E-state index in [1.54, 1.807) is 6.92 Å². The van der Waals surface area contributed by atoms with E-state index in [0.717, 1.165) is 32.0 Å². The molecule has 15 heavy (non-hydrogen) atoms. The van der Waals surface area contributed by atoms with Crippen LogP contribution in [-0.4, -0.2) is 42.5 Å². The Labute approximate surface area is 90.0 Å². The van der Waals surface area contributed by atoms with Crippen molar-refractivity contribution in [2.45, 2.75) is 57.2 Å². The predicted molar refractivity (Wildman–Crippen MR) is 56.2 cm³/mol. The number of nitrogens with one attached hydrogen (secondary N) is 1. The maximum Gasteiger partial charge on any atom is 0.253 e. The summed E-state index contributed by atoms with van der Waals surface area (Å²) in [5.41, 5.74) is 0. The molecule has 0 bridgehead atoms. The van der Waals surface area contributed by atoms with Gasteiger partial charge in [0.05, 0.1) is 6.04 Å². The van der Waals surface area contributed by atoms with Crippen LogP contribution >= 0.6 is 0 Å². The molecule has 0 aromatic rings. The first-order valence-corrected chi connectivity index (χ1v) is 5.95. The van der Waals surface area contributed by atoms with Gasteiger partial charge in [-0.15, -0.1) is 0 Å². The van der Waals surface area contributed by atoms with Crippen LogP contribution in [0.25, 0.3) is 0 Å². The Kier molecular flexibility index (Phi) is 3.57. The van der Waals surface area contributed by atoms with Crippen LogP contribution in [0.5, 0.6) is 0 Å². The summed E-state index contributed by atoms with van der Waals surface area (Å²) in [6.45, 7) is 3.73. The van der Waals surface area contributed by atoms with Crippen LogP contribution in [-0.2, 0) is 0 Å². The van der Waals surface area contributed by atoms with Gasteiger partial charge < -0.3 is 10.2 Å². The molecule has 0 radical (unpaired) electrons. The summed E-state index contributed by atoms with van der Waals surface area (Å²) in [6, 6.07) is 0.449. The minimum atomic E-state index is -2.24. The van der Waals surface area contributed by atoms with Crippen LogP contribution in [0.4, 0.5) is 8.78 Å². The highest BCUT2D eigenvalue weighted by Gasteiger charge is 2.32. The van der Waals surface area contributed by atoms with E-state index in [1.165, 1.54) is 12.8 Å². The number of rotatable bonds is 4. The molecule has 0 amide bonds. The van der Waals surface area contributed by atoms with E-state index in [1.807, 2.05) is 0 Å². The van der Waals surface area contributed by atoms with Gasteiger partial charge in [0.2, 0.25) is 0 Å². The Morgan fingerprint density at radius 2 is 1.73 bits per heavy atom. The van der Waals surface area contributed by atoms with Crippen LogP contribution < -0.4 is 5.32 Å². The lowest BCUT2D eigenvalue weighted by molar-refractivity contribution is 0.0895. The van der Waals surface area contributed by atoms with Crippen LogP contribution in [0, 0.1) is 0 Å². The molecule has 1 saturated carbocycles. The first-order valence-electron chi connectivity index (χ1n) is 5.95. The van der Waals surface area contributed by atoms with Gasteiger partial charge in [-0.25, -0.2) is 8.78 Å². The van der Waals surface area contributed by atoms with E-state index in [9.17, 15) is 8.78 Å². The fourth-order valence-corrected chi connectivity index (χ4v) is 2.32. The van der Waals surface area contributed by atoms with Crippen molar-refractivity contribution in [2.24, 2.45) is 0 Å². The minimum Gasteiger partial charge on any atom is -0.306 e. The van der Waals surface area contributed by atoms with Gasteiger partial charge in [-0.3, -0.25) is 0 Å². The van der Waals surface area contributed by atoms with E-state index in [2.05, 4.69) is 10.2 Å². The Morgan fingerprint density at radius 1 is 1.13 bits per heavy atom. The summed E-state index contributed by atoms with van der Waals surface area (Å²) >= 11 is 0. The van der Waals surface area contributed by atoms with Gasteiger partial charge in [-0.2, -0.15) is 0 Å². The molecule has 1 aliphatic carbocycles. The molecule has 1 atom stereocenters. The van der Waals surface area contributed by atoms with Gasteiger partial charge in [0.15, 0.2) is 0 Å². The third-order valence-electron chi connectivity index (χ3n) is 3.47. The van der Waals surface area contributed by atoms with Crippen LogP contribution in [0.1, 0.15) is 32.6 Å². The number of nitrogens with zero attached hydrogens (tertiary/aromatic N) is 1. The predicted octanol–water partition coefficient (Wildman–Crippen LogP) is 1.86. The smallest absolute Gasteiger partial charge is 0.253 e. The van der Waals surface area contributed by atoms with E-state index < -0.39 is 12.5 Å². The fourth-order valence-electron chi connectivity index (χ4n) is 2.32. The molecule has 4 heteroatoms. The first kappa shape index (κ1) is 11.3. The largest absolute Gasteiger partial charge is 0.306 e. The van der Waals surface area contributed by atoms with Crippen molar-refractivity contribution in [1.82, 2.24) is 10.2 Å². The second-order valence-electron chi connectivity index (χ2n) is 4.83. The molecule has 1 saturated heterocycles. The monoisotopic (exact) mass is 218 g/mol. The molecule has 2 nitrogen and oxygen atoms in total.